The topological polar surface area (TPSA) is 60.0 Å². The van der Waals surface area contributed by atoms with E-state index in [0.717, 1.165) is 39.0 Å². The molecule has 3 rings (SSSR count). The maximum absolute atomic E-state index is 13.0. The Bertz CT molecular complexity index is 572. The van der Waals surface area contributed by atoms with E-state index in [-0.39, 0.29) is 18.3 Å². The van der Waals surface area contributed by atoms with Crippen LogP contribution >= 0.6 is 12.4 Å². The molecule has 0 aliphatic carbocycles. The van der Waals surface area contributed by atoms with Crippen molar-refractivity contribution in [2.24, 2.45) is 11.8 Å². The number of nitrogens with one attached hydrogen (secondary N) is 1. The Labute approximate surface area is 155 Å². The lowest BCUT2D eigenvalue weighted by Gasteiger charge is -2.22. The van der Waals surface area contributed by atoms with Crippen LogP contribution in [-0.2, 0) is 0 Å². The second kappa shape index (κ2) is 8.63. The lowest BCUT2D eigenvalue weighted by molar-refractivity contribution is 0.0757. The highest BCUT2D eigenvalue weighted by atomic mass is 35.5. The Morgan fingerprint density at radius 3 is 1.96 bits per heavy atom. The van der Waals surface area contributed by atoms with Gasteiger partial charge in [0.05, 0.1) is 21.3 Å². The molecule has 1 N–H and O–H groups in total. The maximum atomic E-state index is 13.0. The zero-order valence-electron chi connectivity index (χ0n) is 15.0. The van der Waals surface area contributed by atoms with E-state index in [9.17, 15) is 4.79 Å². The first-order valence-corrected chi connectivity index (χ1v) is 8.48. The third-order valence-corrected chi connectivity index (χ3v) is 5.22. The number of methoxy groups -OCH3 is 3. The highest BCUT2D eigenvalue weighted by molar-refractivity contribution is 5.95. The Morgan fingerprint density at radius 2 is 1.52 bits per heavy atom. The quantitative estimate of drug-likeness (QED) is 0.880. The standard InChI is InChI=1S/C18H26N2O4.ClH/c1-22-15-8-14(9-16(23-2)17(15)24-3)18(21)20-6-4-12-10-19-11-13(12)5-7-20;/h8-9,12-13,19H,4-7,10-11H2,1-3H3;1H/t12-,13+;. The zero-order valence-corrected chi connectivity index (χ0v) is 15.9. The first-order valence-electron chi connectivity index (χ1n) is 8.48. The van der Waals surface area contributed by atoms with E-state index in [1.165, 1.54) is 0 Å². The number of likely N-dealkylation sites (tertiary alicyclic amines) is 1. The van der Waals surface area contributed by atoms with Gasteiger partial charge in [-0.05, 0) is 49.9 Å². The van der Waals surface area contributed by atoms with Gasteiger partial charge in [-0.1, -0.05) is 0 Å². The molecule has 1 amide bonds. The Kier molecular flexibility index (Phi) is 6.79. The van der Waals surface area contributed by atoms with Gasteiger partial charge in [-0.15, -0.1) is 12.4 Å². The number of nitrogens with zero attached hydrogens (tertiary/aromatic N) is 1. The van der Waals surface area contributed by atoms with Crippen molar-refractivity contribution in [2.75, 3.05) is 47.5 Å². The molecule has 0 spiro atoms. The van der Waals surface area contributed by atoms with E-state index in [1.807, 2.05) is 4.90 Å². The number of hydrogen-bond acceptors (Lipinski definition) is 5. The average Bonchev–Trinajstić information content (AvgIpc) is 2.98. The molecule has 6 nitrogen and oxygen atoms in total. The van der Waals surface area contributed by atoms with E-state index < -0.39 is 0 Å². The summed E-state index contributed by atoms with van der Waals surface area (Å²) in [4.78, 5) is 14.9. The highest BCUT2D eigenvalue weighted by Gasteiger charge is 2.32. The van der Waals surface area contributed by atoms with Gasteiger partial charge in [0, 0.05) is 18.7 Å². The van der Waals surface area contributed by atoms with Gasteiger partial charge in [-0.2, -0.15) is 0 Å². The molecule has 0 aromatic heterocycles. The van der Waals surface area contributed by atoms with Gasteiger partial charge in [0.1, 0.15) is 0 Å². The van der Waals surface area contributed by atoms with Crippen LogP contribution in [0.4, 0.5) is 0 Å². The van der Waals surface area contributed by atoms with Crippen LogP contribution in [0.2, 0.25) is 0 Å². The van der Waals surface area contributed by atoms with Crippen LogP contribution in [0.3, 0.4) is 0 Å². The van der Waals surface area contributed by atoms with Crippen LogP contribution in [0.1, 0.15) is 23.2 Å². The molecule has 2 saturated heterocycles. The molecule has 2 aliphatic rings. The minimum atomic E-state index is 0. The van der Waals surface area contributed by atoms with E-state index in [1.54, 1.807) is 33.5 Å². The van der Waals surface area contributed by atoms with Crippen molar-refractivity contribution in [3.8, 4) is 17.2 Å². The summed E-state index contributed by atoms with van der Waals surface area (Å²) in [5.74, 6) is 2.95. The number of carbonyl (C=O) groups is 1. The van der Waals surface area contributed by atoms with Crippen LogP contribution in [0.15, 0.2) is 12.1 Å². The molecular weight excluding hydrogens is 344 g/mol. The number of rotatable bonds is 4. The minimum Gasteiger partial charge on any atom is -0.493 e. The number of carbonyl (C=O) groups excluding carboxylic acids is 1. The fourth-order valence-corrected chi connectivity index (χ4v) is 3.81. The molecule has 140 valence electrons. The molecular formula is C18H27ClN2O4. The number of ether oxygens (including phenoxy) is 3. The molecule has 7 heteroatoms. The van der Waals surface area contributed by atoms with E-state index >= 15 is 0 Å². The second-order valence-corrected chi connectivity index (χ2v) is 6.46. The summed E-state index contributed by atoms with van der Waals surface area (Å²) in [6.45, 7) is 3.77. The van der Waals surface area contributed by atoms with E-state index in [2.05, 4.69) is 5.32 Å². The molecule has 25 heavy (non-hydrogen) atoms. The molecule has 2 heterocycles. The van der Waals surface area contributed by atoms with Crippen molar-refractivity contribution >= 4 is 18.3 Å². The van der Waals surface area contributed by atoms with Crippen molar-refractivity contribution in [2.45, 2.75) is 12.8 Å². The fourth-order valence-electron chi connectivity index (χ4n) is 3.81. The number of amides is 1. The first kappa shape index (κ1) is 19.7. The first-order chi connectivity index (χ1) is 11.7. The lowest BCUT2D eigenvalue weighted by Crippen LogP contribution is -2.32. The van der Waals surface area contributed by atoms with Crippen molar-refractivity contribution in [1.29, 1.82) is 0 Å². The lowest BCUT2D eigenvalue weighted by atomic mass is 9.92. The molecule has 1 aromatic carbocycles. The van der Waals surface area contributed by atoms with Crippen molar-refractivity contribution < 1.29 is 19.0 Å². The summed E-state index contributed by atoms with van der Waals surface area (Å²) < 4.78 is 16.0. The number of halogens is 1. The maximum Gasteiger partial charge on any atom is 0.254 e. The van der Waals surface area contributed by atoms with Crippen molar-refractivity contribution in [3.63, 3.8) is 0 Å². The zero-order chi connectivity index (χ0) is 17.1. The molecule has 0 radical (unpaired) electrons. The van der Waals surface area contributed by atoms with Gasteiger partial charge in [0.25, 0.3) is 5.91 Å². The normalized spacial score (nSPS) is 22.4. The molecule has 0 bridgehead atoms. The number of fused-ring (bicyclic) bond motifs is 1. The third kappa shape index (κ3) is 3.96. The van der Waals surface area contributed by atoms with Crippen LogP contribution in [0, 0.1) is 11.8 Å². The smallest absolute Gasteiger partial charge is 0.254 e. The summed E-state index contributed by atoms with van der Waals surface area (Å²) >= 11 is 0. The summed E-state index contributed by atoms with van der Waals surface area (Å²) in [7, 11) is 4.68. The minimum absolute atomic E-state index is 0. The summed E-state index contributed by atoms with van der Waals surface area (Å²) in [5, 5.41) is 3.46. The monoisotopic (exact) mass is 370 g/mol. The predicted octanol–water partition coefficient (Wildman–Crippen LogP) is 2.21. The van der Waals surface area contributed by atoms with Crippen LogP contribution in [0.5, 0.6) is 17.2 Å². The van der Waals surface area contributed by atoms with Crippen LogP contribution < -0.4 is 19.5 Å². The largest absolute Gasteiger partial charge is 0.493 e. The van der Waals surface area contributed by atoms with E-state index in [0.29, 0.717) is 34.6 Å². The van der Waals surface area contributed by atoms with Gasteiger partial charge in [0.15, 0.2) is 11.5 Å². The Hall–Kier alpha value is -1.66. The molecule has 2 aliphatic heterocycles. The molecule has 1 aromatic rings. The van der Waals surface area contributed by atoms with Gasteiger partial charge >= 0.3 is 0 Å². The molecule has 2 fully saturated rings. The van der Waals surface area contributed by atoms with Crippen LogP contribution in [-0.4, -0.2) is 58.3 Å². The Balaban J connectivity index is 0.00000225. The highest BCUT2D eigenvalue weighted by Crippen LogP contribution is 2.38. The van der Waals surface area contributed by atoms with Gasteiger partial charge in [0.2, 0.25) is 5.75 Å². The number of benzene rings is 1. The van der Waals surface area contributed by atoms with Crippen LogP contribution in [0.25, 0.3) is 0 Å². The van der Waals surface area contributed by atoms with Crippen molar-refractivity contribution in [1.82, 2.24) is 10.2 Å². The second-order valence-electron chi connectivity index (χ2n) is 6.46. The summed E-state index contributed by atoms with van der Waals surface area (Å²) in [6, 6.07) is 3.47. The summed E-state index contributed by atoms with van der Waals surface area (Å²) in [6.07, 6.45) is 2.13. The predicted molar refractivity (Wildman–Crippen MR) is 98.3 cm³/mol. The molecule has 2 atom stereocenters. The third-order valence-electron chi connectivity index (χ3n) is 5.22. The number of hydrogen-bond donors (Lipinski definition) is 1. The van der Waals surface area contributed by atoms with Gasteiger partial charge in [-0.3, -0.25) is 4.79 Å². The SMILES string of the molecule is COc1cc(C(=O)N2CC[C@@H]3CNC[C@@H]3CC2)cc(OC)c1OC.Cl. The fraction of sp³-hybridized carbons (Fsp3) is 0.611. The van der Waals surface area contributed by atoms with Gasteiger partial charge < -0.3 is 24.4 Å². The Morgan fingerprint density at radius 1 is 1.00 bits per heavy atom. The molecule has 0 saturated carbocycles. The molecule has 0 unspecified atom stereocenters. The van der Waals surface area contributed by atoms with Gasteiger partial charge in [-0.25, -0.2) is 0 Å². The summed E-state index contributed by atoms with van der Waals surface area (Å²) in [5.41, 5.74) is 0.578. The average molecular weight is 371 g/mol. The van der Waals surface area contributed by atoms with E-state index in [4.69, 9.17) is 14.2 Å². The van der Waals surface area contributed by atoms with Crippen molar-refractivity contribution in [3.05, 3.63) is 17.7 Å².